The third-order valence-corrected chi connectivity index (χ3v) is 5.21. The second-order valence-corrected chi connectivity index (χ2v) is 7.62. The highest BCUT2D eigenvalue weighted by atomic mass is 16.5. The van der Waals surface area contributed by atoms with Gasteiger partial charge in [-0.2, -0.15) is 0 Å². The number of ether oxygens (including phenoxy) is 1. The molecule has 0 aromatic heterocycles. The lowest BCUT2D eigenvalue weighted by Crippen LogP contribution is -2.65. The zero-order valence-corrected chi connectivity index (χ0v) is 13.9. The average molecular weight is 282 g/mol. The first-order valence-electron chi connectivity index (χ1n) is 7.82. The molecule has 1 aliphatic heterocycles. The predicted octanol–water partition coefficient (Wildman–Crippen LogP) is 2.24. The highest BCUT2D eigenvalue weighted by molar-refractivity contribution is 5.85. The Bertz CT molecular complexity index is 379. The van der Waals surface area contributed by atoms with Gasteiger partial charge in [-0.1, -0.05) is 41.5 Å². The molecule has 4 atom stereocenters. The van der Waals surface area contributed by atoms with E-state index in [0.29, 0.717) is 11.8 Å². The van der Waals surface area contributed by atoms with E-state index in [-0.39, 0.29) is 35.7 Å². The quantitative estimate of drug-likeness (QED) is 0.860. The fourth-order valence-electron chi connectivity index (χ4n) is 3.71. The molecular formula is C16H30N2O2. The van der Waals surface area contributed by atoms with E-state index in [1.54, 1.807) is 7.11 Å². The van der Waals surface area contributed by atoms with Crippen LogP contribution in [0.4, 0.5) is 0 Å². The van der Waals surface area contributed by atoms with Crippen molar-refractivity contribution in [1.29, 1.82) is 0 Å². The molecule has 1 N–H and O–H groups in total. The number of methoxy groups -OCH3 is 1. The smallest absolute Gasteiger partial charge is 0.241 e. The van der Waals surface area contributed by atoms with E-state index in [9.17, 15) is 4.79 Å². The minimum Gasteiger partial charge on any atom is -0.381 e. The first-order chi connectivity index (χ1) is 9.21. The van der Waals surface area contributed by atoms with Gasteiger partial charge in [-0.05, 0) is 18.3 Å². The van der Waals surface area contributed by atoms with Crippen LogP contribution in [-0.2, 0) is 9.53 Å². The Morgan fingerprint density at radius 2 is 1.85 bits per heavy atom. The first kappa shape index (κ1) is 15.8. The Hall–Kier alpha value is -0.610. The first-order valence-corrected chi connectivity index (χ1v) is 7.82. The monoisotopic (exact) mass is 282 g/mol. The molecular weight excluding hydrogens is 252 g/mol. The molecule has 4 unspecified atom stereocenters. The normalized spacial score (nSPS) is 36.9. The van der Waals surface area contributed by atoms with Gasteiger partial charge in [0.2, 0.25) is 5.91 Å². The summed E-state index contributed by atoms with van der Waals surface area (Å²) in [5.41, 5.74) is 0.0328. The number of nitrogens with zero attached hydrogens (tertiary/aromatic N) is 1. The molecule has 2 aliphatic rings. The number of amides is 1. The molecule has 20 heavy (non-hydrogen) atoms. The molecule has 0 aromatic carbocycles. The van der Waals surface area contributed by atoms with Crippen molar-refractivity contribution >= 4 is 5.91 Å². The number of carbonyl (C=O) groups is 1. The molecule has 0 radical (unpaired) electrons. The summed E-state index contributed by atoms with van der Waals surface area (Å²) >= 11 is 0. The highest BCUT2D eigenvalue weighted by Gasteiger charge is 2.57. The van der Waals surface area contributed by atoms with E-state index >= 15 is 0 Å². The molecule has 0 bridgehead atoms. The maximum atomic E-state index is 12.8. The lowest BCUT2D eigenvalue weighted by Gasteiger charge is -2.56. The Kier molecular flexibility index (Phi) is 4.18. The molecule has 116 valence electrons. The molecule has 2 rings (SSSR count). The Balaban J connectivity index is 2.23. The number of rotatable bonds is 4. The maximum Gasteiger partial charge on any atom is 0.241 e. The lowest BCUT2D eigenvalue weighted by atomic mass is 9.63. The van der Waals surface area contributed by atoms with E-state index in [0.717, 1.165) is 6.42 Å². The number of nitrogens with one attached hydrogen (secondary N) is 1. The van der Waals surface area contributed by atoms with E-state index < -0.39 is 0 Å². The van der Waals surface area contributed by atoms with E-state index in [1.807, 2.05) is 0 Å². The van der Waals surface area contributed by atoms with Gasteiger partial charge in [0.1, 0.15) is 0 Å². The van der Waals surface area contributed by atoms with Crippen LogP contribution < -0.4 is 5.32 Å². The highest BCUT2D eigenvalue weighted by Crippen LogP contribution is 2.47. The summed E-state index contributed by atoms with van der Waals surface area (Å²) in [4.78, 5) is 14.9. The van der Waals surface area contributed by atoms with Crippen molar-refractivity contribution in [2.75, 3.05) is 7.11 Å². The third-order valence-electron chi connectivity index (χ3n) is 5.21. The average Bonchev–Trinajstić information content (AvgIpc) is 2.67. The number of hydrogen-bond acceptors (Lipinski definition) is 3. The largest absolute Gasteiger partial charge is 0.381 e. The zero-order valence-electron chi connectivity index (χ0n) is 13.9. The fraction of sp³-hybridized carbons (Fsp3) is 0.938. The van der Waals surface area contributed by atoms with Crippen molar-refractivity contribution < 1.29 is 9.53 Å². The van der Waals surface area contributed by atoms with Gasteiger partial charge in [-0.15, -0.1) is 0 Å². The standard InChI is InChI=1S/C16H30N2O2/c1-9(2)13-15(19)18(14(17-13)10(3)4)11-8-12(20-7)16(11,5)6/h9-14,17H,8H2,1-7H3. The molecule has 1 aliphatic carbocycles. The van der Waals surface area contributed by atoms with Crippen LogP contribution in [0, 0.1) is 17.3 Å². The SMILES string of the molecule is COC1CC(N2C(=O)C(C(C)C)NC2C(C)C)C1(C)C. The van der Waals surface area contributed by atoms with Crippen LogP contribution in [0.15, 0.2) is 0 Å². The summed E-state index contributed by atoms with van der Waals surface area (Å²) in [6.45, 7) is 13.0. The van der Waals surface area contributed by atoms with Gasteiger partial charge in [-0.3, -0.25) is 10.1 Å². The Morgan fingerprint density at radius 3 is 2.25 bits per heavy atom. The summed E-state index contributed by atoms with van der Waals surface area (Å²) < 4.78 is 5.54. The topological polar surface area (TPSA) is 41.6 Å². The van der Waals surface area contributed by atoms with Crippen LogP contribution in [0.25, 0.3) is 0 Å². The molecule has 1 saturated heterocycles. The Morgan fingerprint density at radius 1 is 1.25 bits per heavy atom. The van der Waals surface area contributed by atoms with Gasteiger partial charge in [0, 0.05) is 18.6 Å². The van der Waals surface area contributed by atoms with Crippen molar-refractivity contribution in [1.82, 2.24) is 10.2 Å². The third kappa shape index (κ3) is 2.27. The summed E-state index contributed by atoms with van der Waals surface area (Å²) in [5.74, 6) is 1.02. The van der Waals surface area contributed by atoms with Crippen LogP contribution >= 0.6 is 0 Å². The van der Waals surface area contributed by atoms with Gasteiger partial charge in [0.05, 0.1) is 18.3 Å². The molecule has 0 aromatic rings. The fourth-order valence-corrected chi connectivity index (χ4v) is 3.71. The maximum absolute atomic E-state index is 12.8. The van der Waals surface area contributed by atoms with Gasteiger partial charge in [-0.25, -0.2) is 0 Å². The van der Waals surface area contributed by atoms with Crippen LogP contribution in [0.1, 0.15) is 48.0 Å². The van der Waals surface area contributed by atoms with Gasteiger partial charge in [0.15, 0.2) is 0 Å². The number of carbonyl (C=O) groups excluding carboxylic acids is 1. The Labute approximate surface area is 123 Å². The summed E-state index contributed by atoms with van der Waals surface area (Å²) in [5, 5.41) is 3.54. The minimum absolute atomic E-state index is 0.0328. The number of hydrogen-bond donors (Lipinski definition) is 1. The predicted molar refractivity (Wildman–Crippen MR) is 80.2 cm³/mol. The van der Waals surface area contributed by atoms with Crippen LogP contribution in [0.2, 0.25) is 0 Å². The van der Waals surface area contributed by atoms with E-state index in [4.69, 9.17) is 4.74 Å². The van der Waals surface area contributed by atoms with Crippen LogP contribution in [0.5, 0.6) is 0 Å². The molecule has 1 amide bonds. The van der Waals surface area contributed by atoms with Gasteiger partial charge < -0.3 is 9.64 Å². The second kappa shape index (κ2) is 5.30. The van der Waals surface area contributed by atoms with Crippen molar-refractivity contribution in [2.24, 2.45) is 17.3 Å². The summed E-state index contributed by atoms with van der Waals surface area (Å²) in [7, 11) is 1.77. The van der Waals surface area contributed by atoms with E-state index in [2.05, 4.69) is 51.8 Å². The summed E-state index contributed by atoms with van der Waals surface area (Å²) in [6.07, 6.45) is 1.36. The molecule has 4 heteroatoms. The zero-order chi connectivity index (χ0) is 15.2. The molecule has 4 nitrogen and oxygen atoms in total. The van der Waals surface area contributed by atoms with Gasteiger partial charge >= 0.3 is 0 Å². The van der Waals surface area contributed by atoms with Crippen LogP contribution in [0.3, 0.4) is 0 Å². The minimum atomic E-state index is -0.0419. The van der Waals surface area contributed by atoms with Crippen molar-refractivity contribution in [3.8, 4) is 0 Å². The molecule has 1 heterocycles. The van der Waals surface area contributed by atoms with Crippen molar-refractivity contribution in [2.45, 2.75) is 72.3 Å². The van der Waals surface area contributed by atoms with Gasteiger partial charge in [0.25, 0.3) is 0 Å². The summed E-state index contributed by atoms with van der Waals surface area (Å²) in [6, 6.07) is 0.239. The van der Waals surface area contributed by atoms with Crippen molar-refractivity contribution in [3.63, 3.8) is 0 Å². The molecule has 0 spiro atoms. The van der Waals surface area contributed by atoms with E-state index in [1.165, 1.54) is 0 Å². The lowest BCUT2D eigenvalue weighted by molar-refractivity contribution is -0.164. The van der Waals surface area contributed by atoms with Crippen LogP contribution in [-0.4, -0.2) is 42.3 Å². The second-order valence-electron chi connectivity index (χ2n) is 7.62. The van der Waals surface area contributed by atoms with Crippen molar-refractivity contribution in [3.05, 3.63) is 0 Å². The molecule has 1 saturated carbocycles. The molecule has 2 fully saturated rings.